The summed E-state index contributed by atoms with van der Waals surface area (Å²) >= 11 is 0. The molecule has 0 amide bonds. The van der Waals surface area contributed by atoms with Crippen LogP contribution in [-0.4, -0.2) is 40.6 Å². The maximum absolute atomic E-state index is 5.06. The van der Waals surface area contributed by atoms with Crippen LogP contribution in [0.4, 0.5) is 0 Å². The van der Waals surface area contributed by atoms with Gasteiger partial charge in [0.2, 0.25) is 0 Å². The zero-order chi connectivity index (χ0) is 6.95. The molecule has 0 atom stereocenters. The molecule has 0 saturated heterocycles. The maximum Gasteiger partial charge on any atom is 0.0701 e. The monoisotopic (exact) mass is 206 g/mol. The molecule has 11 heavy (non-hydrogen) atoms. The Morgan fingerprint density at radius 1 is 0.818 bits per heavy atom. The molecule has 0 aliphatic heterocycles. The van der Waals surface area contributed by atoms with Gasteiger partial charge in [0.1, 0.15) is 0 Å². The molecule has 0 aromatic rings. The van der Waals surface area contributed by atoms with E-state index in [-0.39, 0.29) is 24.5 Å². The molecule has 72 valence electrons. The van der Waals surface area contributed by atoms with Crippen LogP contribution in [0.2, 0.25) is 0 Å². The molecule has 0 aliphatic rings. The quantitative estimate of drug-likeness (QED) is 0.478. The van der Waals surface area contributed by atoms with Gasteiger partial charge in [0.25, 0.3) is 0 Å². The minimum atomic E-state index is 0. The molecule has 0 saturated carbocycles. The molecule has 0 fully saturated rings. The van der Waals surface area contributed by atoms with Crippen molar-refractivity contribution in [1.82, 2.24) is 0 Å². The Kier molecular flexibility index (Phi) is 26.7. The molecule has 0 unspecified atom stereocenters. The van der Waals surface area contributed by atoms with Gasteiger partial charge < -0.3 is 14.2 Å². The smallest absolute Gasteiger partial charge is 0.0701 e. The zero-order valence-electron chi connectivity index (χ0n) is 6.41. The van der Waals surface area contributed by atoms with E-state index in [4.69, 9.17) is 14.2 Å². The summed E-state index contributed by atoms with van der Waals surface area (Å²) in [6.45, 7) is 2.62. The van der Waals surface area contributed by atoms with Crippen LogP contribution in [0.15, 0.2) is 0 Å². The van der Waals surface area contributed by atoms with E-state index in [1.54, 1.807) is 14.2 Å². The molecule has 4 heteroatoms. The molecule has 0 rings (SSSR count). The summed E-state index contributed by atoms with van der Waals surface area (Å²) in [6, 6.07) is 0. The van der Waals surface area contributed by atoms with E-state index in [0.717, 1.165) is 0 Å². The van der Waals surface area contributed by atoms with Gasteiger partial charge in [-0.25, -0.2) is 0 Å². The molecule has 0 aliphatic carbocycles. The van der Waals surface area contributed by atoms with Crippen molar-refractivity contribution in [3.8, 4) is 0 Å². The van der Waals surface area contributed by atoms with Crippen molar-refractivity contribution < 1.29 is 31.3 Å². The first-order valence-electron chi connectivity index (χ1n) is 2.97. The largest absolute Gasteiger partial charge is 0.382 e. The standard InChI is InChI=1S/C6H14O3.CH4.Fe/c1-7-3-5-9-6-4-8-2;;/h3-6H2,1-2H3;1H4;. The van der Waals surface area contributed by atoms with Gasteiger partial charge in [-0.05, 0) is 0 Å². The molecular formula is C7H18FeO3. The predicted molar refractivity (Wildman–Crippen MR) is 41.3 cm³/mol. The van der Waals surface area contributed by atoms with Crippen molar-refractivity contribution in [2.24, 2.45) is 0 Å². The van der Waals surface area contributed by atoms with E-state index in [2.05, 4.69) is 0 Å². The molecule has 0 heterocycles. The maximum atomic E-state index is 5.06. The Bertz CT molecular complexity index is 47.0. The number of hydrogen-bond acceptors (Lipinski definition) is 3. The normalized spacial score (nSPS) is 8.18. The fourth-order valence-corrected chi connectivity index (χ4v) is 0.387. The van der Waals surface area contributed by atoms with Gasteiger partial charge in [0.15, 0.2) is 0 Å². The second-order valence-corrected chi connectivity index (χ2v) is 1.60. The van der Waals surface area contributed by atoms with Crippen LogP contribution in [0.1, 0.15) is 7.43 Å². The van der Waals surface area contributed by atoms with Crippen LogP contribution in [0.3, 0.4) is 0 Å². The SMILES string of the molecule is C.COCCOCCOC.[Fe]. The van der Waals surface area contributed by atoms with E-state index in [1.165, 1.54) is 0 Å². The van der Waals surface area contributed by atoms with Crippen molar-refractivity contribution in [3.05, 3.63) is 0 Å². The molecular weight excluding hydrogens is 188 g/mol. The summed E-state index contributed by atoms with van der Waals surface area (Å²) in [6.07, 6.45) is 0. The number of ether oxygens (including phenoxy) is 3. The van der Waals surface area contributed by atoms with Crippen LogP contribution >= 0.6 is 0 Å². The summed E-state index contributed by atoms with van der Waals surface area (Å²) in [5.74, 6) is 0. The third-order valence-corrected chi connectivity index (χ3v) is 0.864. The first-order valence-corrected chi connectivity index (χ1v) is 2.97. The van der Waals surface area contributed by atoms with Crippen LogP contribution in [0.5, 0.6) is 0 Å². The van der Waals surface area contributed by atoms with E-state index in [0.29, 0.717) is 26.4 Å². The minimum Gasteiger partial charge on any atom is -0.382 e. The van der Waals surface area contributed by atoms with Crippen molar-refractivity contribution in [3.63, 3.8) is 0 Å². The Morgan fingerprint density at radius 2 is 1.18 bits per heavy atom. The fraction of sp³-hybridized carbons (Fsp3) is 1.00. The second kappa shape index (κ2) is 16.8. The predicted octanol–water partition coefficient (Wildman–Crippen LogP) is 0.929. The summed E-state index contributed by atoms with van der Waals surface area (Å²) in [5, 5.41) is 0. The van der Waals surface area contributed by atoms with Crippen molar-refractivity contribution >= 4 is 0 Å². The fourth-order valence-electron chi connectivity index (χ4n) is 0.387. The third-order valence-electron chi connectivity index (χ3n) is 0.864. The molecule has 0 aromatic carbocycles. The first kappa shape index (κ1) is 17.5. The van der Waals surface area contributed by atoms with Gasteiger partial charge in [-0.2, -0.15) is 0 Å². The van der Waals surface area contributed by atoms with Gasteiger partial charge >= 0.3 is 0 Å². The van der Waals surface area contributed by atoms with Crippen LogP contribution < -0.4 is 0 Å². The average Bonchev–Trinajstić information content (AvgIpc) is 1.89. The zero-order valence-corrected chi connectivity index (χ0v) is 7.51. The first-order chi connectivity index (χ1) is 4.41. The summed E-state index contributed by atoms with van der Waals surface area (Å²) in [4.78, 5) is 0. The van der Waals surface area contributed by atoms with Crippen molar-refractivity contribution in [1.29, 1.82) is 0 Å². The molecule has 3 nitrogen and oxygen atoms in total. The number of hydrogen-bond donors (Lipinski definition) is 0. The molecule has 0 bridgehead atoms. The van der Waals surface area contributed by atoms with Crippen LogP contribution in [0, 0.1) is 0 Å². The van der Waals surface area contributed by atoms with Gasteiger partial charge in [-0.3, -0.25) is 0 Å². The molecule has 0 spiro atoms. The minimum absolute atomic E-state index is 0. The average molecular weight is 206 g/mol. The van der Waals surface area contributed by atoms with E-state index < -0.39 is 0 Å². The summed E-state index contributed by atoms with van der Waals surface area (Å²) in [7, 11) is 3.30. The Balaban J connectivity index is -0.000000320. The second-order valence-electron chi connectivity index (χ2n) is 1.60. The number of rotatable bonds is 6. The molecule has 0 radical (unpaired) electrons. The van der Waals surface area contributed by atoms with Gasteiger partial charge in [0.05, 0.1) is 26.4 Å². The third kappa shape index (κ3) is 17.9. The Hall–Kier alpha value is 0.399. The molecule has 0 N–H and O–H groups in total. The van der Waals surface area contributed by atoms with Crippen molar-refractivity contribution in [2.45, 2.75) is 7.43 Å². The van der Waals surface area contributed by atoms with E-state index in [1.807, 2.05) is 0 Å². The van der Waals surface area contributed by atoms with E-state index in [9.17, 15) is 0 Å². The summed E-state index contributed by atoms with van der Waals surface area (Å²) < 4.78 is 14.6. The Morgan fingerprint density at radius 3 is 1.45 bits per heavy atom. The van der Waals surface area contributed by atoms with E-state index >= 15 is 0 Å². The van der Waals surface area contributed by atoms with Crippen molar-refractivity contribution in [2.75, 3.05) is 40.6 Å². The Labute approximate surface area is 79.9 Å². The van der Waals surface area contributed by atoms with Gasteiger partial charge in [0, 0.05) is 31.3 Å². The number of methoxy groups -OCH3 is 2. The van der Waals surface area contributed by atoms with Crippen LogP contribution in [0.25, 0.3) is 0 Å². The van der Waals surface area contributed by atoms with Gasteiger partial charge in [-0.15, -0.1) is 0 Å². The van der Waals surface area contributed by atoms with Crippen LogP contribution in [-0.2, 0) is 31.3 Å². The molecule has 0 aromatic heterocycles. The van der Waals surface area contributed by atoms with Gasteiger partial charge in [-0.1, -0.05) is 7.43 Å². The summed E-state index contributed by atoms with van der Waals surface area (Å²) in [5.41, 5.74) is 0. The topological polar surface area (TPSA) is 27.7 Å².